The van der Waals surface area contributed by atoms with Crippen molar-refractivity contribution in [3.05, 3.63) is 71.3 Å². The Hall–Kier alpha value is -2.57. The van der Waals surface area contributed by atoms with Crippen LogP contribution in [0.15, 0.2) is 48.6 Å². The number of benzene rings is 2. The summed E-state index contributed by atoms with van der Waals surface area (Å²) in [5.74, 6) is 0.582. The van der Waals surface area contributed by atoms with Crippen LogP contribution in [0.4, 0.5) is 8.78 Å². The maximum Gasteiger partial charge on any atom is 0.335 e. The summed E-state index contributed by atoms with van der Waals surface area (Å²) < 4.78 is 35.8. The molecule has 2 fully saturated rings. The lowest BCUT2D eigenvalue weighted by Gasteiger charge is -2.30. The van der Waals surface area contributed by atoms with Crippen molar-refractivity contribution in [2.75, 3.05) is 19.8 Å². The van der Waals surface area contributed by atoms with E-state index >= 15 is 8.78 Å². The van der Waals surface area contributed by atoms with Gasteiger partial charge in [0.1, 0.15) is 11.6 Å². The topological polar surface area (TPSA) is 66.8 Å². The van der Waals surface area contributed by atoms with Crippen LogP contribution in [-0.2, 0) is 9.53 Å². The van der Waals surface area contributed by atoms with Crippen molar-refractivity contribution < 1.29 is 28.5 Å². The summed E-state index contributed by atoms with van der Waals surface area (Å²) in [6, 6.07) is 10.8. The SMILES string of the molecule is C=C(CO)C(=O)OCC(CO)CCC1CCC(c2ccc(-c3ccc(C4CCC(CCCCC)CC4)c(F)c3)c(F)c2)CC1. The van der Waals surface area contributed by atoms with Gasteiger partial charge in [-0.1, -0.05) is 63.5 Å². The molecule has 1 unspecified atom stereocenters. The lowest BCUT2D eigenvalue weighted by atomic mass is 9.76. The predicted molar refractivity (Wildman–Crippen MR) is 172 cm³/mol. The molecule has 2 aliphatic rings. The van der Waals surface area contributed by atoms with Crippen LogP contribution in [0.3, 0.4) is 0 Å². The molecule has 6 heteroatoms. The zero-order valence-electron chi connectivity index (χ0n) is 26.5. The largest absolute Gasteiger partial charge is 0.462 e. The van der Waals surface area contributed by atoms with Crippen LogP contribution in [0.1, 0.15) is 120 Å². The summed E-state index contributed by atoms with van der Waals surface area (Å²) in [5.41, 5.74) is 2.84. The Kier molecular flexibility index (Phi) is 13.4. The maximum atomic E-state index is 15.4. The number of esters is 1. The molecule has 0 bridgehead atoms. The number of carbonyl (C=O) groups excluding carboxylic acids is 1. The van der Waals surface area contributed by atoms with Gasteiger partial charge in [0, 0.05) is 18.1 Å². The van der Waals surface area contributed by atoms with Gasteiger partial charge in [0.25, 0.3) is 0 Å². The first-order chi connectivity index (χ1) is 21.3. The Morgan fingerprint density at radius 3 is 2.18 bits per heavy atom. The van der Waals surface area contributed by atoms with E-state index in [-0.39, 0.29) is 42.3 Å². The molecule has 44 heavy (non-hydrogen) atoms. The molecule has 2 saturated carbocycles. The van der Waals surface area contributed by atoms with Crippen molar-refractivity contribution >= 4 is 5.97 Å². The van der Waals surface area contributed by atoms with Gasteiger partial charge >= 0.3 is 5.97 Å². The van der Waals surface area contributed by atoms with Crippen LogP contribution in [0.5, 0.6) is 0 Å². The van der Waals surface area contributed by atoms with Gasteiger partial charge in [0.15, 0.2) is 0 Å². The minimum Gasteiger partial charge on any atom is -0.462 e. The fourth-order valence-electron chi connectivity index (χ4n) is 7.33. The van der Waals surface area contributed by atoms with Crippen molar-refractivity contribution in [2.45, 2.75) is 109 Å². The Morgan fingerprint density at radius 2 is 1.57 bits per heavy atom. The maximum absolute atomic E-state index is 15.4. The molecule has 0 radical (unpaired) electrons. The number of hydrogen-bond acceptors (Lipinski definition) is 4. The first-order valence-electron chi connectivity index (χ1n) is 17.0. The number of unbranched alkanes of at least 4 members (excludes halogenated alkanes) is 2. The van der Waals surface area contributed by atoms with Crippen molar-refractivity contribution in [1.29, 1.82) is 0 Å². The highest BCUT2D eigenvalue weighted by Gasteiger charge is 2.26. The van der Waals surface area contributed by atoms with Gasteiger partial charge in [-0.3, -0.25) is 0 Å². The lowest BCUT2D eigenvalue weighted by Crippen LogP contribution is -2.21. The Balaban J connectivity index is 1.26. The first kappa shape index (κ1) is 34.3. The average Bonchev–Trinajstić information content (AvgIpc) is 3.05. The molecule has 242 valence electrons. The molecule has 0 amide bonds. The minimum atomic E-state index is -0.627. The van der Waals surface area contributed by atoms with Crippen LogP contribution in [-0.4, -0.2) is 36.0 Å². The van der Waals surface area contributed by atoms with Gasteiger partial charge in [-0.15, -0.1) is 0 Å². The molecule has 4 rings (SSSR count). The van der Waals surface area contributed by atoms with Crippen LogP contribution in [0.25, 0.3) is 11.1 Å². The van der Waals surface area contributed by atoms with E-state index in [1.807, 2.05) is 24.3 Å². The van der Waals surface area contributed by atoms with Gasteiger partial charge in [0.2, 0.25) is 0 Å². The zero-order valence-corrected chi connectivity index (χ0v) is 26.5. The van der Waals surface area contributed by atoms with E-state index in [0.29, 0.717) is 23.0 Å². The van der Waals surface area contributed by atoms with Crippen LogP contribution < -0.4 is 0 Å². The second-order valence-corrected chi connectivity index (χ2v) is 13.4. The summed E-state index contributed by atoms with van der Waals surface area (Å²) >= 11 is 0. The molecule has 4 nitrogen and oxygen atoms in total. The normalized spacial score (nSPS) is 22.8. The van der Waals surface area contributed by atoms with Gasteiger partial charge in [-0.2, -0.15) is 0 Å². The summed E-state index contributed by atoms with van der Waals surface area (Å²) in [6.45, 7) is 5.31. The molecule has 2 aromatic rings. The Morgan fingerprint density at radius 1 is 0.886 bits per heavy atom. The fraction of sp³-hybridized carbons (Fsp3) is 0.605. The van der Waals surface area contributed by atoms with Crippen LogP contribution in [0, 0.1) is 29.4 Å². The smallest absolute Gasteiger partial charge is 0.335 e. The van der Waals surface area contributed by atoms with E-state index in [2.05, 4.69) is 13.5 Å². The second kappa shape index (κ2) is 17.2. The van der Waals surface area contributed by atoms with Gasteiger partial charge in [-0.25, -0.2) is 13.6 Å². The van der Waals surface area contributed by atoms with Crippen molar-refractivity contribution in [3.63, 3.8) is 0 Å². The summed E-state index contributed by atoms with van der Waals surface area (Å²) in [5, 5.41) is 18.7. The lowest BCUT2D eigenvalue weighted by molar-refractivity contribution is -0.141. The number of hydrogen-bond donors (Lipinski definition) is 2. The zero-order chi connectivity index (χ0) is 31.5. The molecule has 1 atom stereocenters. The van der Waals surface area contributed by atoms with Crippen molar-refractivity contribution in [2.24, 2.45) is 17.8 Å². The number of halogens is 2. The highest BCUT2D eigenvalue weighted by molar-refractivity contribution is 5.87. The Labute approximate surface area is 262 Å². The second-order valence-electron chi connectivity index (χ2n) is 13.4. The van der Waals surface area contributed by atoms with Crippen LogP contribution in [0.2, 0.25) is 0 Å². The average molecular weight is 611 g/mol. The number of carbonyl (C=O) groups is 1. The van der Waals surface area contributed by atoms with Gasteiger partial charge in [-0.05, 0) is 117 Å². The summed E-state index contributed by atoms with van der Waals surface area (Å²) in [7, 11) is 0. The standard InChI is InChI=1S/C38H52F2O4/c1-3-4-5-6-27-11-15-31(16-12-27)34-20-18-33(22-37(34)40)35-19-17-32(21-36(35)39)30-13-9-28(10-14-30)7-8-29(24-42)25-44-38(43)26(2)23-41/h17-22,27-31,41-42H,2-16,23-25H2,1H3. The molecular weight excluding hydrogens is 558 g/mol. The summed E-state index contributed by atoms with van der Waals surface area (Å²) in [6.07, 6.45) is 15.3. The molecule has 2 N–H and O–H groups in total. The molecule has 0 aliphatic heterocycles. The van der Waals surface area contributed by atoms with E-state index < -0.39 is 12.6 Å². The molecule has 2 aliphatic carbocycles. The predicted octanol–water partition coefficient (Wildman–Crippen LogP) is 9.24. The van der Waals surface area contributed by atoms with E-state index in [9.17, 15) is 9.90 Å². The van der Waals surface area contributed by atoms with Gasteiger partial charge < -0.3 is 14.9 Å². The quantitative estimate of drug-likeness (QED) is 0.120. The highest BCUT2D eigenvalue weighted by atomic mass is 19.1. The number of aliphatic hydroxyl groups excluding tert-OH is 2. The number of aliphatic hydroxyl groups is 2. The third-order valence-corrected chi connectivity index (χ3v) is 10.3. The fourth-order valence-corrected chi connectivity index (χ4v) is 7.33. The molecule has 0 aromatic heterocycles. The number of ether oxygens (including phenoxy) is 1. The third-order valence-electron chi connectivity index (χ3n) is 10.3. The van der Waals surface area contributed by atoms with Crippen LogP contribution >= 0.6 is 0 Å². The third kappa shape index (κ3) is 9.47. The molecule has 0 saturated heterocycles. The minimum absolute atomic E-state index is 0.00945. The molecule has 2 aromatic carbocycles. The van der Waals surface area contributed by atoms with E-state index in [1.54, 1.807) is 6.07 Å². The number of rotatable bonds is 15. The van der Waals surface area contributed by atoms with E-state index in [4.69, 9.17) is 9.84 Å². The van der Waals surface area contributed by atoms with E-state index in [1.165, 1.54) is 44.6 Å². The molecular formula is C38H52F2O4. The first-order valence-corrected chi connectivity index (χ1v) is 17.0. The van der Waals surface area contributed by atoms with Crippen molar-refractivity contribution in [1.82, 2.24) is 0 Å². The van der Waals surface area contributed by atoms with Crippen molar-refractivity contribution in [3.8, 4) is 11.1 Å². The summed E-state index contributed by atoms with van der Waals surface area (Å²) in [4.78, 5) is 11.7. The molecule has 0 heterocycles. The van der Waals surface area contributed by atoms with E-state index in [0.717, 1.165) is 68.4 Å². The Bertz CT molecular complexity index is 1210. The molecule has 0 spiro atoms. The highest BCUT2D eigenvalue weighted by Crippen LogP contribution is 2.41. The van der Waals surface area contributed by atoms with Gasteiger partial charge in [0.05, 0.1) is 18.8 Å². The monoisotopic (exact) mass is 610 g/mol.